The average Bonchev–Trinajstić information content (AvgIpc) is 2.81. The van der Waals surface area contributed by atoms with E-state index in [1.807, 2.05) is 0 Å². The number of hydrogen-bond acceptors (Lipinski definition) is 3. The minimum absolute atomic E-state index is 0.324. The van der Waals surface area contributed by atoms with E-state index < -0.39 is 0 Å². The van der Waals surface area contributed by atoms with Gasteiger partial charge in [0.05, 0.1) is 15.8 Å². The number of likely N-dealkylation sites (tertiary alicyclic amines) is 1. The number of anilines is 2. The molecule has 0 aromatic heterocycles. The van der Waals surface area contributed by atoms with Crippen LogP contribution in [0.1, 0.15) is 20.3 Å². The third-order valence-electron chi connectivity index (χ3n) is 3.72. The summed E-state index contributed by atoms with van der Waals surface area (Å²) >= 11 is 3.18. The van der Waals surface area contributed by atoms with Crippen LogP contribution in [0, 0.1) is 11.7 Å². The Morgan fingerprint density at radius 2 is 2.26 bits per heavy atom. The molecule has 1 aromatic carbocycles. The summed E-state index contributed by atoms with van der Waals surface area (Å²) in [6.45, 7) is 7.61. The van der Waals surface area contributed by atoms with E-state index in [1.54, 1.807) is 6.07 Å². The number of rotatable bonds is 4. The van der Waals surface area contributed by atoms with Crippen molar-refractivity contribution in [3.63, 3.8) is 0 Å². The van der Waals surface area contributed by atoms with E-state index in [0.29, 0.717) is 22.1 Å². The molecule has 1 atom stereocenters. The van der Waals surface area contributed by atoms with Gasteiger partial charge in [0.1, 0.15) is 5.82 Å². The van der Waals surface area contributed by atoms with Crippen molar-refractivity contribution >= 4 is 27.3 Å². The van der Waals surface area contributed by atoms with Crippen molar-refractivity contribution in [3.8, 4) is 0 Å². The highest BCUT2D eigenvalue weighted by Crippen LogP contribution is 2.27. The van der Waals surface area contributed by atoms with Crippen LogP contribution in [0.3, 0.4) is 0 Å². The molecule has 0 radical (unpaired) electrons. The van der Waals surface area contributed by atoms with Crippen molar-refractivity contribution < 1.29 is 4.39 Å². The van der Waals surface area contributed by atoms with E-state index in [4.69, 9.17) is 5.73 Å². The molecule has 1 fully saturated rings. The average molecular weight is 330 g/mol. The van der Waals surface area contributed by atoms with Gasteiger partial charge < -0.3 is 16.0 Å². The van der Waals surface area contributed by atoms with E-state index in [1.165, 1.54) is 12.5 Å². The second-order valence-corrected chi connectivity index (χ2v) is 6.33. The van der Waals surface area contributed by atoms with Crippen LogP contribution < -0.4 is 11.1 Å². The van der Waals surface area contributed by atoms with Crippen LogP contribution >= 0.6 is 15.9 Å². The van der Waals surface area contributed by atoms with Crippen molar-refractivity contribution in [1.82, 2.24) is 4.90 Å². The van der Waals surface area contributed by atoms with Gasteiger partial charge in [0.25, 0.3) is 0 Å². The zero-order valence-electron chi connectivity index (χ0n) is 11.4. The molecule has 0 amide bonds. The van der Waals surface area contributed by atoms with Gasteiger partial charge in [0.15, 0.2) is 0 Å². The number of benzene rings is 1. The van der Waals surface area contributed by atoms with Crippen molar-refractivity contribution in [1.29, 1.82) is 0 Å². The summed E-state index contributed by atoms with van der Waals surface area (Å²) in [4.78, 5) is 2.48. The van der Waals surface area contributed by atoms with E-state index in [-0.39, 0.29) is 5.82 Å². The first-order valence-corrected chi connectivity index (χ1v) is 7.49. The fourth-order valence-electron chi connectivity index (χ4n) is 2.47. The monoisotopic (exact) mass is 329 g/mol. The molecular formula is C14H21BrFN3. The minimum atomic E-state index is -0.324. The molecule has 1 aromatic rings. The summed E-state index contributed by atoms with van der Waals surface area (Å²) in [6.07, 6.45) is 1.20. The third-order valence-corrected chi connectivity index (χ3v) is 4.33. The molecule has 0 saturated carbocycles. The Kier molecular flexibility index (Phi) is 4.68. The number of halogens is 2. The van der Waals surface area contributed by atoms with Gasteiger partial charge >= 0.3 is 0 Å². The van der Waals surface area contributed by atoms with Gasteiger partial charge in [-0.15, -0.1) is 0 Å². The first-order valence-electron chi connectivity index (χ1n) is 6.69. The van der Waals surface area contributed by atoms with Crippen molar-refractivity contribution in [3.05, 3.63) is 22.4 Å². The van der Waals surface area contributed by atoms with Crippen LogP contribution in [0.5, 0.6) is 0 Å². The van der Waals surface area contributed by atoms with Gasteiger partial charge in [0.2, 0.25) is 0 Å². The first kappa shape index (κ1) is 14.6. The quantitative estimate of drug-likeness (QED) is 0.832. The lowest BCUT2D eigenvalue weighted by atomic mass is 10.1. The predicted octanol–water partition coefficient (Wildman–Crippen LogP) is 3.31. The standard InChI is InChI=1S/C14H21BrFN3/c1-9(2)19-4-3-10(8-19)7-18-14-5-11(15)12(16)6-13(14)17/h5-6,9-10,18H,3-4,7-8,17H2,1-2H3. The van der Waals surface area contributed by atoms with E-state index in [9.17, 15) is 4.39 Å². The van der Waals surface area contributed by atoms with Gasteiger partial charge in [-0.3, -0.25) is 0 Å². The molecule has 1 aliphatic heterocycles. The maximum absolute atomic E-state index is 13.3. The van der Waals surface area contributed by atoms with E-state index >= 15 is 0 Å². The molecule has 3 nitrogen and oxygen atoms in total. The summed E-state index contributed by atoms with van der Waals surface area (Å²) in [5.41, 5.74) is 7.08. The first-order chi connectivity index (χ1) is 8.97. The molecule has 1 aliphatic rings. The lowest BCUT2D eigenvalue weighted by Gasteiger charge is -2.20. The molecule has 5 heteroatoms. The van der Waals surface area contributed by atoms with Crippen LogP contribution in [0.25, 0.3) is 0 Å². The fraction of sp³-hybridized carbons (Fsp3) is 0.571. The van der Waals surface area contributed by atoms with Gasteiger partial charge in [-0.05, 0) is 54.7 Å². The van der Waals surface area contributed by atoms with E-state index in [0.717, 1.165) is 25.3 Å². The molecular weight excluding hydrogens is 309 g/mol. The van der Waals surface area contributed by atoms with Crippen LogP contribution in [0.2, 0.25) is 0 Å². The second kappa shape index (κ2) is 6.09. The summed E-state index contributed by atoms with van der Waals surface area (Å²) in [6, 6.07) is 3.66. The zero-order valence-corrected chi connectivity index (χ0v) is 13.0. The number of nitrogens with zero attached hydrogens (tertiary/aromatic N) is 1. The number of nitrogen functional groups attached to an aromatic ring is 1. The van der Waals surface area contributed by atoms with Gasteiger partial charge in [-0.25, -0.2) is 4.39 Å². The molecule has 0 spiro atoms. The lowest BCUT2D eigenvalue weighted by molar-refractivity contribution is 0.266. The molecule has 0 bridgehead atoms. The van der Waals surface area contributed by atoms with E-state index in [2.05, 4.69) is 40.0 Å². The van der Waals surface area contributed by atoms with Crippen molar-refractivity contribution in [2.75, 3.05) is 30.7 Å². The SMILES string of the molecule is CC(C)N1CCC(CNc2cc(Br)c(F)cc2N)C1. The largest absolute Gasteiger partial charge is 0.397 e. The number of nitrogens with one attached hydrogen (secondary N) is 1. The van der Waals surface area contributed by atoms with Gasteiger partial charge in [0, 0.05) is 25.2 Å². The molecule has 19 heavy (non-hydrogen) atoms. The number of hydrogen-bond donors (Lipinski definition) is 2. The van der Waals surface area contributed by atoms with Gasteiger partial charge in [-0.2, -0.15) is 0 Å². The molecule has 1 saturated heterocycles. The molecule has 0 aliphatic carbocycles. The maximum atomic E-state index is 13.3. The second-order valence-electron chi connectivity index (χ2n) is 5.48. The Bertz CT molecular complexity index is 451. The van der Waals surface area contributed by atoms with Crippen LogP contribution in [0.15, 0.2) is 16.6 Å². The van der Waals surface area contributed by atoms with Crippen LogP contribution in [0.4, 0.5) is 15.8 Å². The molecule has 3 N–H and O–H groups in total. The van der Waals surface area contributed by atoms with Crippen LogP contribution in [-0.4, -0.2) is 30.6 Å². The Labute approximate surface area is 122 Å². The fourth-order valence-corrected chi connectivity index (χ4v) is 2.81. The topological polar surface area (TPSA) is 41.3 Å². The molecule has 1 unspecified atom stereocenters. The predicted molar refractivity (Wildman–Crippen MR) is 81.8 cm³/mol. The molecule has 106 valence electrons. The molecule has 1 heterocycles. The van der Waals surface area contributed by atoms with Gasteiger partial charge in [-0.1, -0.05) is 0 Å². The highest BCUT2D eigenvalue weighted by molar-refractivity contribution is 9.10. The normalized spacial score (nSPS) is 20.2. The summed E-state index contributed by atoms with van der Waals surface area (Å²) < 4.78 is 13.7. The maximum Gasteiger partial charge on any atom is 0.139 e. The van der Waals surface area contributed by atoms with Crippen molar-refractivity contribution in [2.45, 2.75) is 26.3 Å². The highest BCUT2D eigenvalue weighted by Gasteiger charge is 2.23. The molecule has 2 rings (SSSR count). The lowest BCUT2D eigenvalue weighted by Crippen LogP contribution is -2.29. The van der Waals surface area contributed by atoms with Crippen LogP contribution in [-0.2, 0) is 0 Å². The Morgan fingerprint density at radius 3 is 2.89 bits per heavy atom. The Balaban J connectivity index is 1.91. The summed E-state index contributed by atoms with van der Waals surface area (Å²) in [5.74, 6) is 0.306. The minimum Gasteiger partial charge on any atom is -0.397 e. The summed E-state index contributed by atoms with van der Waals surface area (Å²) in [5, 5.41) is 3.33. The van der Waals surface area contributed by atoms with Crippen molar-refractivity contribution in [2.24, 2.45) is 5.92 Å². The number of nitrogens with two attached hydrogens (primary N) is 1. The Hall–Kier alpha value is -0.810. The zero-order chi connectivity index (χ0) is 14.0. The summed E-state index contributed by atoms with van der Waals surface area (Å²) in [7, 11) is 0. The smallest absolute Gasteiger partial charge is 0.139 e. The third kappa shape index (κ3) is 3.60. The highest BCUT2D eigenvalue weighted by atomic mass is 79.9. The Morgan fingerprint density at radius 1 is 1.53 bits per heavy atom.